The van der Waals surface area contributed by atoms with E-state index in [0.717, 1.165) is 23.6 Å². The number of hydrogen-bond donors (Lipinski definition) is 1. The molecule has 1 amide bonds. The van der Waals surface area contributed by atoms with Gasteiger partial charge in [0.05, 0.1) is 19.1 Å². The molecule has 128 valence electrons. The van der Waals surface area contributed by atoms with E-state index in [1.54, 1.807) is 43.8 Å². The predicted molar refractivity (Wildman–Crippen MR) is 97.6 cm³/mol. The number of ether oxygens (including phenoxy) is 2. The summed E-state index contributed by atoms with van der Waals surface area (Å²) in [6, 6.07) is 7.43. The number of nitrogens with one attached hydrogen (secondary N) is 1. The highest BCUT2D eigenvalue weighted by atomic mass is 32.1. The van der Waals surface area contributed by atoms with Crippen LogP contribution in [0.15, 0.2) is 24.3 Å². The van der Waals surface area contributed by atoms with Crippen molar-refractivity contribution in [3.05, 3.63) is 39.6 Å². The van der Waals surface area contributed by atoms with Crippen molar-refractivity contribution in [2.45, 2.75) is 32.6 Å². The van der Waals surface area contributed by atoms with Crippen molar-refractivity contribution >= 4 is 22.9 Å². The van der Waals surface area contributed by atoms with E-state index in [9.17, 15) is 4.79 Å². The molecule has 4 nitrogen and oxygen atoms in total. The highest BCUT2D eigenvalue weighted by Crippen LogP contribution is 2.34. The van der Waals surface area contributed by atoms with Gasteiger partial charge in [0, 0.05) is 28.8 Å². The highest BCUT2D eigenvalue weighted by Gasteiger charge is 2.22. The molecule has 5 heteroatoms. The molecule has 1 heterocycles. The van der Waals surface area contributed by atoms with E-state index in [-0.39, 0.29) is 5.91 Å². The first-order valence-corrected chi connectivity index (χ1v) is 9.10. The van der Waals surface area contributed by atoms with Crippen molar-refractivity contribution < 1.29 is 14.3 Å². The van der Waals surface area contributed by atoms with Crippen LogP contribution >= 0.6 is 11.3 Å². The normalized spacial score (nSPS) is 16.4. The number of amides is 1. The predicted octanol–water partition coefficient (Wildman–Crippen LogP) is 4.53. The second-order valence-electron chi connectivity index (χ2n) is 6.13. The summed E-state index contributed by atoms with van der Waals surface area (Å²) in [7, 11) is 3.19. The zero-order valence-corrected chi connectivity index (χ0v) is 15.2. The number of carbonyl (C=O) groups is 1. The number of benzene rings is 1. The Balaban J connectivity index is 1.77. The largest absolute Gasteiger partial charge is 0.497 e. The minimum absolute atomic E-state index is 0.0715. The van der Waals surface area contributed by atoms with Crippen LogP contribution < -0.4 is 14.8 Å². The van der Waals surface area contributed by atoms with E-state index >= 15 is 0 Å². The van der Waals surface area contributed by atoms with Crippen LogP contribution in [0.4, 0.5) is 5.69 Å². The number of thiophene rings is 1. The third-order valence-corrected chi connectivity index (χ3v) is 5.83. The lowest BCUT2D eigenvalue weighted by Gasteiger charge is -2.19. The van der Waals surface area contributed by atoms with E-state index in [0.29, 0.717) is 17.2 Å². The van der Waals surface area contributed by atoms with Gasteiger partial charge in [-0.25, -0.2) is 0 Å². The first-order valence-electron chi connectivity index (χ1n) is 8.29. The van der Waals surface area contributed by atoms with E-state index in [1.807, 2.05) is 0 Å². The Bertz CT molecular complexity index is 716. The SMILES string of the molecule is CC[C@H]1CCc2sc(C(=O)Nc3cc(OC)cc(OC)c3)cc2C1. The van der Waals surface area contributed by atoms with E-state index in [4.69, 9.17) is 9.47 Å². The van der Waals surface area contributed by atoms with Crippen LogP contribution in [0.2, 0.25) is 0 Å². The maximum Gasteiger partial charge on any atom is 0.265 e. The number of fused-ring (bicyclic) bond motifs is 1. The zero-order chi connectivity index (χ0) is 17.1. The van der Waals surface area contributed by atoms with Gasteiger partial charge in [-0.15, -0.1) is 11.3 Å². The third-order valence-electron chi connectivity index (χ3n) is 4.60. The molecule has 1 N–H and O–H groups in total. The van der Waals surface area contributed by atoms with Crippen LogP contribution in [-0.2, 0) is 12.8 Å². The Morgan fingerprint density at radius 3 is 2.54 bits per heavy atom. The molecule has 1 aliphatic carbocycles. The molecule has 0 saturated heterocycles. The van der Waals surface area contributed by atoms with Crippen molar-refractivity contribution in [1.82, 2.24) is 0 Å². The Kier molecular flexibility index (Phi) is 5.09. The van der Waals surface area contributed by atoms with Gasteiger partial charge in [0.1, 0.15) is 11.5 Å². The summed E-state index contributed by atoms with van der Waals surface area (Å²) in [5.74, 6) is 1.99. The zero-order valence-electron chi connectivity index (χ0n) is 14.3. The summed E-state index contributed by atoms with van der Waals surface area (Å²) in [6.45, 7) is 2.24. The van der Waals surface area contributed by atoms with Gasteiger partial charge < -0.3 is 14.8 Å². The molecule has 2 aromatic rings. The molecule has 1 aliphatic rings. The molecule has 1 aromatic heterocycles. The fourth-order valence-corrected chi connectivity index (χ4v) is 4.24. The van der Waals surface area contributed by atoms with E-state index in [1.165, 1.54) is 23.3 Å². The Labute approximate surface area is 146 Å². The second kappa shape index (κ2) is 7.26. The average molecular weight is 345 g/mol. The van der Waals surface area contributed by atoms with Crippen molar-refractivity contribution in [3.63, 3.8) is 0 Å². The molecule has 0 spiro atoms. The van der Waals surface area contributed by atoms with Crippen LogP contribution in [0.1, 0.15) is 39.9 Å². The standard InChI is InChI=1S/C19H23NO3S/c1-4-12-5-6-17-13(7-12)8-18(24-17)19(21)20-14-9-15(22-2)11-16(10-14)23-3/h8-12H,4-7H2,1-3H3,(H,20,21)/t12-/m0/s1. The number of hydrogen-bond acceptors (Lipinski definition) is 4. The van der Waals surface area contributed by atoms with E-state index < -0.39 is 0 Å². The molecule has 1 atom stereocenters. The number of anilines is 1. The molecule has 0 saturated carbocycles. The maximum absolute atomic E-state index is 12.6. The molecular formula is C19H23NO3S. The molecule has 1 aromatic carbocycles. The molecule has 0 bridgehead atoms. The molecular weight excluding hydrogens is 322 g/mol. The molecule has 0 radical (unpaired) electrons. The van der Waals surface area contributed by atoms with Gasteiger partial charge in [0.2, 0.25) is 0 Å². The summed E-state index contributed by atoms with van der Waals surface area (Å²) < 4.78 is 10.5. The lowest BCUT2D eigenvalue weighted by molar-refractivity contribution is 0.103. The van der Waals surface area contributed by atoms with Crippen LogP contribution in [0.5, 0.6) is 11.5 Å². The van der Waals surface area contributed by atoms with Crippen molar-refractivity contribution in [1.29, 1.82) is 0 Å². The number of rotatable bonds is 5. The Morgan fingerprint density at radius 1 is 1.21 bits per heavy atom. The molecule has 0 fully saturated rings. The average Bonchev–Trinajstić information content (AvgIpc) is 3.04. The Morgan fingerprint density at radius 2 is 1.92 bits per heavy atom. The maximum atomic E-state index is 12.6. The highest BCUT2D eigenvalue weighted by molar-refractivity contribution is 7.14. The van der Waals surface area contributed by atoms with E-state index in [2.05, 4.69) is 18.3 Å². The molecule has 0 unspecified atom stereocenters. The quantitative estimate of drug-likeness (QED) is 0.866. The van der Waals surface area contributed by atoms with Gasteiger partial charge in [-0.1, -0.05) is 13.3 Å². The first-order chi connectivity index (χ1) is 11.6. The van der Waals surface area contributed by atoms with Crippen molar-refractivity contribution in [2.75, 3.05) is 19.5 Å². The summed E-state index contributed by atoms with van der Waals surface area (Å²) in [5.41, 5.74) is 2.03. The number of carbonyl (C=O) groups excluding carboxylic acids is 1. The van der Waals surface area contributed by atoms with Gasteiger partial charge in [0.25, 0.3) is 5.91 Å². The second-order valence-corrected chi connectivity index (χ2v) is 7.27. The molecule has 0 aliphatic heterocycles. The van der Waals surface area contributed by atoms with Crippen LogP contribution in [0.3, 0.4) is 0 Å². The fraction of sp³-hybridized carbons (Fsp3) is 0.421. The van der Waals surface area contributed by atoms with Gasteiger partial charge in [0.15, 0.2) is 0 Å². The molecule has 24 heavy (non-hydrogen) atoms. The minimum atomic E-state index is -0.0715. The monoisotopic (exact) mass is 345 g/mol. The third kappa shape index (κ3) is 3.56. The fourth-order valence-electron chi connectivity index (χ4n) is 3.13. The number of aryl methyl sites for hydroxylation is 1. The van der Waals surface area contributed by atoms with Gasteiger partial charge >= 0.3 is 0 Å². The summed E-state index contributed by atoms with van der Waals surface area (Å²) in [5, 5.41) is 2.95. The summed E-state index contributed by atoms with van der Waals surface area (Å²) in [4.78, 5) is 14.7. The van der Waals surface area contributed by atoms with Gasteiger partial charge in [-0.2, -0.15) is 0 Å². The first kappa shape index (κ1) is 16.8. The van der Waals surface area contributed by atoms with Crippen LogP contribution in [-0.4, -0.2) is 20.1 Å². The lowest BCUT2D eigenvalue weighted by atomic mass is 9.87. The van der Waals surface area contributed by atoms with Gasteiger partial charge in [-0.05, 0) is 36.8 Å². The van der Waals surface area contributed by atoms with Crippen LogP contribution in [0.25, 0.3) is 0 Å². The summed E-state index contributed by atoms with van der Waals surface area (Å²) in [6.07, 6.45) is 4.64. The van der Waals surface area contributed by atoms with Crippen LogP contribution in [0, 0.1) is 5.92 Å². The van der Waals surface area contributed by atoms with Crippen molar-refractivity contribution in [3.8, 4) is 11.5 Å². The smallest absolute Gasteiger partial charge is 0.265 e. The summed E-state index contributed by atoms with van der Waals surface area (Å²) >= 11 is 1.62. The van der Waals surface area contributed by atoms with Crippen molar-refractivity contribution in [2.24, 2.45) is 5.92 Å². The minimum Gasteiger partial charge on any atom is -0.497 e. The molecule has 3 rings (SSSR count). The topological polar surface area (TPSA) is 47.6 Å². The lowest BCUT2D eigenvalue weighted by Crippen LogP contribution is -2.11. The van der Waals surface area contributed by atoms with Gasteiger partial charge in [-0.3, -0.25) is 4.79 Å². The number of methoxy groups -OCH3 is 2. The Hall–Kier alpha value is -2.01.